The fourth-order valence-corrected chi connectivity index (χ4v) is 3.09. The van der Waals surface area contributed by atoms with Crippen molar-refractivity contribution >= 4 is 18.1 Å². The van der Waals surface area contributed by atoms with Crippen LogP contribution in [-0.4, -0.2) is 23.2 Å². The first kappa shape index (κ1) is 21.6. The molecular weight excluding hydrogens is 425 g/mol. The molecule has 1 heterocycles. The molecule has 7 nitrogen and oxygen atoms in total. The van der Waals surface area contributed by atoms with Crippen LogP contribution in [0.2, 0.25) is 0 Å². The highest BCUT2D eigenvalue weighted by atomic mass is 19.1. The van der Waals surface area contributed by atoms with E-state index in [2.05, 4.69) is 15.7 Å². The van der Waals surface area contributed by atoms with Gasteiger partial charge in [0, 0.05) is 5.56 Å². The van der Waals surface area contributed by atoms with Crippen molar-refractivity contribution < 1.29 is 23.2 Å². The lowest BCUT2D eigenvalue weighted by Crippen LogP contribution is -2.18. The number of carbonyl (C=O) groups excluding carboxylic acids is 2. The minimum atomic E-state index is -0.687. The van der Waals surface area contributed by atoms with Crippen molar-refractivity contribution in [2.45, 2.75) is 6.92 Å². The van der Waals surface area contributed by atoms with Crippen LogP contribution in [0.1, 0.15) is 32.0 Å². The first-order valence-electron chi connectivity index (χ1n) is 9.94. The molecule has 8 heteroatoms. The molecule has 4 rings (SSSR count). The zero-order valence-electron chi connectivity index (χ0n) is 17.5. The number of carbonyl (C=O) groups is 2. The lowest BCUT2D eigenvalue weighted by molar-refractivity contribution is 0.0734. The van der Waals surface area contributed by atoms with E-state index in [4.69, 9.17) is 9.26 Å². The van der Waals surface area contributed by atoms with Gasteiger partial charge < -0.3 is 9.26 Å². The average Bonchev–Trinajstić information content (AvgIpc) is 3.21. The van der Waals surface area contributed by atoms with Crippen LogP contribution in [0.5, 0.6) is 5.75 Å². The number of hydrogen-bond donors (Lipinski definition) is 1. The smallest absolute Gasteiger partial charge is 0.343 e. The number of esters is 1. The minimum absolute atomic E-state index is 0.0969. The van der Waals surface area contributed by atoms with Crippen LogP contribution in [0, 0.1) is 12.7 Å². The summed E-state index contributed by atoms with van der Waals surface area (Å²) in [6.45, 7) is 1.65. The molecule has 0 radical (unpaired) electrons. The van der Waals surface area contributed by atoms with Crippen LogP contribution in [0.25, 0.3) is 11.3 Å². The number of halogens is 1. The molecule has 3 aromatic carbocycles. The van der Waals surface area contributed by atoms with E-state index in [9.17, 15) is 14.0 Å². The van der Waals surface area contributed by atoms with Gasteiger partial charge in [-0.3, -0.25) is 4.79 Å². The molecule has 0 saturated heterocycles. The van der Waals surface area contributed by atoms with E-state index in [1.165, 1.54) is 24.4 Å². The van der Waals surface area contributed by atoms with Crippen molar-refractivity contribution in [3.05, 3.63) is 107 Å². The van der Waals surface area contributed by atoms with E-state index in [1.54, 1.807) is 31.2 Å². The Morgan fingerprint density at radius 3 is 2.61 bits per heavy atom. The van der Waals surface area contributed by atoms with E-state index in [0.29, 0.717) is 17.0 Å². The third kappa shape index (κ3) is 5.19. The van der Waals surface area contributed by atoms with Crippen LogP contribution < -0.4 is 10.2 Å². The standard InChI is InChI=1S/C25H18FN3O4/c1-16-22(23(29-33-16)18-8-3-2-4-9-18)24(30)28-27-15-17-7-5-12-21(13-17)32-25(31)19-10-6-11-20(26)14-19/h2-15H,1H3,(H,28,30). The third-order valence-corrected chi connectivity index (χ3v) is 4.65. The number of nitrogens with zero attached hydrogens (tertiary/aromatic N) is 2. The highest BCUT2D eigenvalue weighted by molar-refractivity contribution is 6.01. The molecule has 0 saturated carbocycles. The molecule has 0 fully saturated rings. The molecule has 0 aliphatic rings. The van der Waals surface area contributed by atoms with Gasteiger partial charge in [0.05, 0.1) is 11.8 Å². The predicted octanol–water partition coefficient (Wildman–Crippen LogP) is 4.77. The molecule has 1 N–H and O–H groups in total. The van der Waals surface area contributed by atoms with E-state index >= 15 is 0 Å². The predicted molar refractivity (Wildman–Crippen MR) is 120 cm³/mol. The van der Waals surface area contributed by atoms with E-state index in [1.807, 2.05) is 30.3 Å². The molecule has 0 aliphatic carbocycles. The number of nitrogens with one attached hydrogen (secondary N) is 1. The van der Waals surface area contributed by atoms with Crippen LogP contribution in [-0.2, 0) is 0 Å². The molecular formula is C25H18FN3O4. The Kier molecular flexibility index (Phi) is 6.36. The molecule has 33 heavy (non-hydrogen) atoms. The Hall–Kier alpha value is -4.59. The quantitative estimate of drug-likeness (QED) is 0.200. The number of aryl methyl sites for hydroxylation is 1. The molecule has 0 atom stereocenters. The minimum Gasteiger partial charge on any atom is -0.423 e. The lowest BCUT2D eigenvalue weighted by Gasteiger charge is -2.05. The highest BCUT2D eigenvalue weighted by Gasteiger charge is 2.21. The summed E-state index contributed by atoms with van der Waals surface area (Å²) in [5.41, 5.74) is 4.59. The lowest BCUT2D eigenvalue weighted by atomic mass is 10.1. The fourth-order valence-electron chi connectivity index (χ4n) is 3.09. The summed E-state index contributed by atoms with van der Waals surface area (Å²) in [4.78, 5) is 24.9. The van der Waals surface area contributed by atoms with Crippen molar-refractivity contribution in [1.82, 2.24) is 10.6 Å². The highest BCUT2D eigenvalue weighted by Crippen LogP contribution is 2.24. The molecule has 0 unspecified atom stereocenters. The Bertz CT molecular complexity index is 1330. The Morgan fingerprint density at radius 1 is 1.03 bits per heavy atom. The molecule has 1 aromatic heterocycles. The van der Waals surface area contributed by atoms with Gasteiger partial charge in [0.2, 0.25) is 0 Å². The van der Waals surface area contributed by atoms with E-state index in [0.717, 1.165) is 11.6 Å². The van der Waals surface area contributed by atoms with Crippen LogP contribution in [0.3, 0.4) is 0 Å². The van der Waals surface area contributed by atoms with Gasteiger partial charge in [-0.05, 0) is 42.8 Å². The maximum absolute atomic E-state index is 13.3. The van der Waals surface area contributed by atoms with Gasteiger partial charge in [-0.25, -0.2) is 14.6 Å². The number of hydrazone groups is 1. The van der Waals surface area contributed by atoms with Crippen LogP contribution in [0.4, 0.5) is 4.39 Å². The second kappa shape index (κ2) is 9.69. The summed E-state index contributed by atoms with van der Waals surface area (Å²) in [6.07, 6.45) is 1.41. The zero-order valence-corrected chi connectivity index (χ0v) is 17.5. The number of amides is 1. The Balaban J connectivity index is 1.44. The van der Waals surface area contributed by atoms with Crippen LogP contribution in [0.15, 0.2) is 88.5 Å². The van der Waals surface area contributed by atoms with Gasteiger partial charge in [-0.15, -0.1) is 0 Å². The van der Waals surface area contributed by atoms with Gasteiger partial charge in [0.1, 0.15) is 28.6 Å². The first-order valence-corrected chi connectivity index (χ1v) is 9.94. The summed E-state index contributed by atoms with van der Waals surface area (Å²) in [5, 5.41) is 7.96. The summed E-state index contributed by atoms with van der Waals surface area (Å²) in [7, 11) is 0. The van der Waals surface area contributed by atoms with Crippen LogP contribution >= 0.6 is 0 Å². The van der Waals surface area contributed by atoms with Crippen molar-refractivity contribution in [3.8, 4) is 17.0 Å². The van der Waals surface area contributed by atoms with Gasteiger partial charge in [0.25, 0.3) is 5.91 Å². The van der Waals surface area contributed by atoms with Crippen molar-refractivity contribution in [1.29, 1.82) is 0 Å². The fraction of sp³-hybridized carbons (Fsp3) is 0.0400. The Labute approximate surface area is 188 Å². The summed E-state index contributed by atoms with van der Waals surface area (Å²) >= 11 is 0. The van der Waals surface area contributed by atoms with Crippen molar-refractivity contribution in [2.75, 3.05) is 0 Å². The Morgan fingerprint density at radius 2 is 1.82 bits per heavy atom. The second-order valence-electron chi connectivity index (χ2n) is 7.00. The topological polar surface area (TPSA) is 93.8 Å². The number of ether oxygens (including phenoxy) is 1. The average molecular weight is 443 g/mol. The van der Waals surface area contributed by atoms with Gasteiger partial charge in [-0.2, -0.15) is 5.10 Å². The zero-order chi connectivity index (χ0) is 23.2. The maximum Gasteiger partial charge on any atom is 0.343 e. The first-order chi connectivity index (χ1) is 16.0. The molecule has 4 aromatic rings. The van der Waals surface area contributed by atoms with Crippen molar-refractivity contribution in [2.24, 2.45) is 5.10 Å². The number of aromatic nitrogens is 1. The molecule has 164 valence electrons. The number of rotatable bonds is 6. The molecule has 0 spiro atoms. The van der Waals surface area contributed by atoms with Crippen molar-refractivity contribution in [3.63, 3.8) is 0 Å². The summed E-state index contributed by atoms with van der Waals surface area (Å²) < 4.78 is 23.8. The number of hydrogen-bond acceptors (Lipinski definition) is 6. The summed E-state index contributed by atoms with van der Waals surface area (Å²) in [6, 6.07) is 21.0. The molecule has 0 bridgehead atoms. The normalized spacial score (nSPS) is 10.8. The maximum atomic E-state index is 13.3. The SMILES string of the molecule is Cc1onc(-c2ccccc2)c1C(=O)NN=Cc1cccc(OC(=O)c2cccc(F)c2)c1. The third-order valence-electron chi connectivity index (χ3n) is 4.65. The van der Waals surface area contributed by atoms with E-state index < -0.39 is 17.7 Å². The largest absolute Gasteiger partial charge is 0.423 e. The van der Waals surface area contributed by atoms with Gasteiger partial charge in [0.15, 0.2) is 0 Å². The second-order valence-corrected chi connectivity index (χ2v) is 7.00. The van der Waals surface area contributed by atoms with E-state index in [-0.39, 0.29) is 16.9 Å². The van der Waals surface area contributed by atoms with Gasteiger partial charge in [-0.1, -0.05) is 53.7 Å². The number of benzene rings is 3. The monoisotopic (exact) mass is 443 g/mol. The van der Waals surface area contributed by atoms with Gasteiger partial charge >= 0.3 is 5.97 Å². The molecule has 0 aliphatic heterocycles. The molecule has 1 amide bonds. The summed E-state index contributed by atoms with van der Waals surface area (Å²) in [5.74, 6) is -1.07.